The van der Waals surface area contributed by atoms with Crippen molar-refractivity contribution in [1.82, 2.24) is 5.32 Å². The van der Waals surface area contributed by atoms with Crippen LogP contribution in [-0.2, 0) is 11.3 Å². The molecule has 0 aromatic carbocycles. The van der Waals surface area contributed by atoms with Crippen molar-refractivity contribution >= 4 is 17.2 Å². The van der Waals surface area contributed by atoms with Crippen LogP contribution < -0.4 is 5.32 Å². The molecule has 3 nitrogen and oxygen atoms in total. The number of carbonyl (C=O) groups is 1. The molecule has 4 heteroatoms. The van der Waals surface area contributed by atoms with Gasteiger partial charge in [-0.05, 0) is 23.0 Å². The summed E-state index contributed by atoms with van der Waals surface area (Å²) < 4.78 is 0. The predicted molar refractivity (Wildman–Crippen MR) is 81.2 cm³/mol. The van der Waals surface area contributed by atoms with Crippen molar-refractivity contribution in [3.8, 4) is 11.8 Å². The Labute approximate surface area is 124 Å². The minimum atomic E-state index is -0.129. The Balaban J connectivity index is 1.90. The number of aliphatic hydroxyl groups excluding tert-OH is 1. The first kappa shape index (κ1) is 15.1. The van der Waals surface area contributed by atoms with E-state index in [-0.39, 0.29) is 29.3 Å². The summed E-state index contributed by atoms with van der Waals surface area (Å²) in [7, 11) is 0. The lowest BCUT2D eigenvalue weighted by Gasteiger charge is -2.04. The molecule has 1 aromatic heterocycles. The third-order valence-electron chi connectivity index (χ3n) is 4.67. The Hall–Kier alpha value is -1.31. The number of thiophene rings is 1. The summed E-state index contributed by atoms with van der Waals surface area (Å²) in [4.78, 5) is 14.2. The Bertz CT molecular complexity index is 561. The quantitative estimate of drug-likeness (QED) is 0.840. The van der Waals surface area contributed by atoms with Gasteiger partial charge >= 0.3 is 0 Å². The highest BCUT2D eigenvalue weighted by Gasteiger charge is 2.68. The van der Waals surface area contributed by atoms with Gasteiger partial charge in [-0.25, -0.2) is 0 Å². The molecule has 20 heavy (non-hydrogen) atoms. The third-order valence-corrected chi connectivity index (χ3v) is 5.67. The van der Waals surface area contributed by atoms with Crippen LogP contribution in [0.4, 0.5) is 0 Å². The van der Waals surface area contributed by atoms with Crippen molar-refractivity contribution in [2.45, 2.75) is 34.2 Å². The van der Waals surface area contributed by atoms with E-state index in [2.05, 4.69) is 44.9 Å². The zero-order chi connectivity index (χ0) is 15.0. The van der Waals surface area contributed by atoms with Gasteiger partial charge in [0.25, 0.3) is 0 Å². The standard InChI is InChI=1S/C16H21NO2S/c1-15(2)13(16(15,3)4)14(19)17-10-12-8-7-11(20-12)6-5-9-18/h7-8,13,18H,9-10H2,1-4H3,(H,17,19). The fourth-order valence-electron chi connectivity index (χ4n) is 2.79. The largest absolute Gasteiger partial charge is 0.384 e. The molecular formula is C16H21NO2S. The molecule has 0 aliphatic heterocycles. The number of hydrogen-bond donors (Lipinski definition) is 2. The minimum Gasteiger partial charge on any atom is -0.384 e. The molecule has 108 valence electrons. The second-order valence-electron chi connectivity index (χ2n) is 6.32. The fourth-order valence-corrected chi connectivity index (χ4v) is 3.62. The average Bonchev–Trinajstić information content (AvgIpc) is 2.71. The molecule has 0 spiro atoms. The molecule has 0 unspecified atom stereocenters. The van der Waals surface area contributed by atoms with Gasteiger partial charge in [0, 0.05) is 10.8 Å². The molecule has 0 bridgehead atoms. The van der Waals surface area contributed by atoms with E-state index in [0.29, 0.717) is 6.54 Å². The lowest BCUT2D eigenvalue weighted by atomic mass is 10.0. The molecule has 1 fully saturated rings. The number of rotatable bonds is 3. The van der Waals surface area contributed by atoms with E-state index in [1.165, 1.54) is 0 Å². The van der Waals surface area contributed by atoms with Crippen LogP contribution in [0.3, 0.4) is 0 Å². The molecule has 0 radical (unpaired) electrons. The molecule has 1 amide bonds. The molecule has 2 rings (SSSR count). The number of amides is 1. The second kappa shape index (κ2) is 5.23. The summed E-state index contributed by atoms with van der Waals surface area (Å²) in [6, 6.07) is 3.88. The molecule has 1 aliphatic rings. The van der Waals surface area contributed by atoms with Crippen molar-refractivity contribution in [3.63, 3.8) is 0 Å². The fraction of sp³-hybridized carbons (Fsp3) is 0.562. The third kappa shape index (κ3) is 2.61. The highest BCUT2D eigenvalue weighted by molar-refractivity contribution is 7.12. The average molecular weight is 291 g/mol. The van der Waals surface area contributed by atoms with Crippen molar-refractivity contribution < 1.29 is 9.90 Å². The maximum Gasteiger partial charge on any atom is 0.224 e. The van der Waals surface area contributed by atoms with E-state index < -0.39 is 0 Å². The monoisotopic (exact) mass is 291 g/mol. The van der Waals surface area contributed by atoms with Gasteiger partial charge in [0.1, 0.15) is 6.61 Å². The van der Waals surface area contributed by atoms with E-state index in [1.807, 2.05) is 12.1 Å². The first-order valence-electron chi connectivity index (χ1n) is 6.77. The number of aliphatic hydroxyl groups is 1. The number of carbonyl (C=O) groups excluding carboxylic acids is 1. The topological polar surface area (TPSA) is 49.3 Å². The Kier molecular flexibility index (Phi) is 3.95. The smallest absolute Gasteiger partial charge is 0.224 e. The van der Waals surface area contributed by atoms with Crippen LogP contribution in [0.15, 0.2) is 12.1 Å². The molecule has 2 N–H and O–H groups in total. The van der Waals surface area contributed by atoms with Crippen molar-refractivity contribution in [2.75, 3.05) is 6.61 Å². The van der Waals surface area contributed by atoms with Crippen LogP contribution in [-0.4, -0.2) is 17.6 Å². The van der Waals surface area contributed by atoms with Crippen molar-refractivity contribution in [3.05, 3.63) is 21.9 Å². The SMILES string of the molecule is CC1(C)C(C(=O)NCc2ccc(C#CCO)s2)C1(C)C. The van der Waals surface area contributed by atoms with Crippen molar-refractivity contribution in [2.24, 2.45) is 16.7 Å². The van der Waals surface area contributed by atoms with Gasteiger partial charge in [-0.3, -0.25) is 4.79 Å². The number of nitrogens with one attached hydrogen (secondary N) is 1. The maximum atomic E-state index is 12.2. The first-order chi connectivity index (χ1) is 9.30. The predicted octanol–water partition coefficient (Wildman–Crippen LogP) is 2.39. The molecule has 1 aromatic rings. The van der Waals surface area contributed by atoms with Gasteiger partial charge in [0.05, 0.1) is 11.4 Å². The van der Waals surface area contributed by atoms with Gasteiger partial charge < -0.3 is 10.4 Å². The summed E-state index contributed by atoms with van der Waals surface area (Å²) in [5.41, 5.74) is 0.147. The van der Waals surface area contributed by atoms with Crippen LogP contribution in [0, 0.1) is 28.6 Å². The van der Waals surface area contributed by atoms with Crippen molar-refractivity contribution in [1.29, 1.82) is 0 Å². The zero-order valence-electron chi connectivity index (χ0n) is 12.4. The Morgan fingerprint density at radius 3 is 2.55 bits per heavy atom. The Morgan fingerprint density at radius 2 is 2.00 bits per heavy atom. The van der Waals surface area contributed by atoms with Crippen LogP contribution in [0.25, 0.3) is 0 Å². The van der Waals surface area contributed by atoms with E-state index in [4.69, 9.17) is 5.11 Å². The first-order valence-corrected chi connectivity index (χ1v) is 7.58. The van der Waals surface area contributed by atoms with Crippen LogP contribution in [0.5, 0.6) is 0 Å². The highest BCUT2D eigenvalue weighted by Crippen LogP contribution is 2.68. The van der Waals surface area contributed by atoms with E-state index in [0.717, 1.165) is 9.75 Å². The van der Waals surface area contributed by atoms with Gasteiger partial charge in [-0.1, -0.05) is 39.5 Å². The number of hydrogen-bond acceptors (Lipinski definition) is 3. The molecule has 0 saturated heterocycles. The Morgan fingerprint density at radius 1 is 1.35 bits per heavy atom. The minimum absolute atomic E-state index is 0.0737. The summed E-state index contributed by atoms with van der Waals surface area (Å²) in [6.07, 6.45) is 0. The van der Waals surface area contributed by atoms with E-state index >= 15 is 0 Å². The summed E-state index contributed by atoms with van der Waals surface area (Å²) in [6.45, 7) is 8.99. The van der Waals surface area contributed by atoms with Gasteiger partial charge in [-0.15, -0.1) is 11.3 Å². The maximum absolute atomic E-state index is 12.2. The normalized spacial score (nSPS) is 19.1. The van der Waals surface area contributed by atoms with E-state index in [9.17, 15) is 4.79 Å². The zero-order valence-corrected chi connectivity index (χ0v) is 13.2. The molecule has 1 saturated carbocycles. The van der Waals surface area contributed by atoms with E-state index in [1.54, 1.807) is 11.3 Å². The summed E-state index contributed by atoms with van der Waals surface area (Å²) >= 11 is 1.55. The van der Waals surface area contributed by atoms with Crippen LogP contribution in [0.1, 0.15) is 37.4 Å². The van der Waals surface area contributed by atoms with Crippen LogP contribution >= 0.6 is 11.3 Å². The lowest BCUT2D eigenvalue weighted by Crippen LogP contribution is -2.26. The highest BCUT2D eigenvalue weighted by atomic mass is 32.1. The molecule has 0 atom stereocenters. The second-order valence-corrected chi connectivity index (χ2v) is 7.49. The van der Waals surface area contributed by atoms with Gasteiger partial charge in [-0.2, -0.15) is 0 Å². The molecule has 1 heterocycles. The lowest BCUT2D eigenvalue weighted by molar-refractivity contribution is -0.123. The molecular weight excluding hydrogens is 270 g/mol. The summed E-state index contributed by atoms with van der Waals surface area (Å²) in [5, 5.41) is 11.7. The van der Waals surface area contributed by atoms with Gasteiger partial charge in [0.2, 0.25) is 5.91 Å². The van der Waals surface area contributed by atoms with Gasteiger partial charge in [0.15, 0.2) is 0 Å². The summed E-state index contributed by atoms with van der Waals surface area (Å²) in [5.74, 6) is 5.71. The van der Waals surface area contributed by atoms with Crippen LogP contribution in [0.2, 0.25) is 0 Å². The molecule has 1 aliphatic carbocycles.